The maximum absolute atomic E-state index is 12.4. The lowest BCUT2D eigenvalue weighted by Crippen LogP contribution is -2.38. The van der Waals surface area contributed by atoms with Gasteiger partial charge < -0.3 is 5.32 Å². The number of likely N-dealkylation sites (tertiary alicyclic amines) is 1. The number of hydrogen-bond donors (Lipinski definition) is 1. The molecule has 136 valence electrons. The normalized spacial score (nSPS) is 16.0. The Morgan fingerprint density at radius 2 is 2.00 bits per heavy atom. The molecule has 0 spiro atoms. The van der Waals surface area contributed by atoms with E-state index in [0.717, 1.165) is 48.9 Å². The lowest BCUT2D eigenvalue weighted by Gasteiger charge is -2.31. The summed E-state index contributed by atoms with van der Waals surface area (Å²) in [7, 11) is 0. The van der Waals surface area contributed by atoms with Gasteiger partial charge >= 0.3 is 0 Å². The number of thiophene rings is 2. The molecule has 0 radical (unpaired) electrons. The van der Waals surface area contributed by atoms with Gasteiger partial charge in [-0.15, -0.1) is 34.0 Å². The van der Waals surface area contributed by atoms with Crippen LogP contribution in [0, 0.1) is 5.92 Å². The van der Waals surface area contributed by atoms with Gasteiger partial charge in [0, 0.05) is 18.0 Å². The Kier molecular flexibility index (Phi) is 5.79. The van der Waals surface area contributed by atoms with E-state index >= 15 is 0 Å². The molecule has 0 aliphatic carbocycles. The Morgan fingerprint density at radius 3 is 2.73 bits per heavy atom. The number of piperidine rings is 1. The zero-order valence-electron chi connectivity index (χ0n) is 14.4. The van der Waals surface area contributed by atoms with E-state index in [9.17, 15) is 4.79 Å². The molecular weight excluding hydrogens is 382 g/mol. The molecule has 0 unspecified atom stereocenters. The summed E-state index contributed by atoms with van der Waals surface area (Å²) >= 11 is 4.95. The van der Waals surface area contributed by atoms with Gasteiger partial charge in [-0.05, 0) is 54.7 Å². The molecule has 1 amide bonds. The largest absolute Gasteiger partial charge is 0.351 e. The number of carbonyl (C=O) groups is 1. The van der Waals surface area contributed by atoms with Crippen molar-refractivity contribution in [3.05, 3.63) is 51.0 Å². The molecular formula is C19H21N3OS3. The van der Waals surface area contributed by atoms with Gasteiger partial charge in [0.15, 0.2) is 0 Å². The third kappa shape index (κ3) is 4.40. The quantitative estimate of drug-likeness (QED) is 0.655. The van der Waals surface area contributed by atoms with Crippen LogP contribution in [0.2, 0.25) is 0 Å². The van der Waals surface area contributed by atoms with E-state index in [0.29, 0.717) is 10.8 Å². The lowest BCUT2D eigenvalue weighted by molar-refractivity contribution is 0.0939. The number of nitrogens with one attached hydrogen (secondary N) is 1. The predicted octanol–water partition coefficient (Wildman–Crippen LogP) is 4.58. The first-order chi connectivity index (χ1) is 12.8. The van der Waals surface area contributed by atoms with E-state index in [1.54, 1.807) is 17.5 Å². The Bertz CT molecular complexity index is 818. The Balaban J connectivity index is 1.23. The second-order valence-electron chi connectivity index (χ2n) is 6.52. The number of thiazole rings is 1. The minimum absolute atomic E-state index is 0.00585. The van der Waals surface area contributed by atoms with E-state index in [2.05, 4.69) is 32.7 Å². The van der Waals surface area contributed by atoms with Gasteiger partial charge in [-0.1, -0.05) is 12.1 Å². The summed E-state index contributed by atoms with van der Waals surface area (Å²) in [6.07, 6.45) is 3.99. The molecule has 4 nitrogen and oxygen atoms in total. The van der Waals surface area contributed by atoms with Crippen molar-refractivity contribution in [1.29, 1.82) is 0 Å². The number of hydrogen-bond acceptors (Lipinski definition) is 6. The molecule has 1 aliphatic rings. The summed E-state index contributed by atoms with van der Waals surface area (Å²) in [5.41, 5.74) is 0. The third-order valence-corrected chi connectivity index (χ3v) is 7.58. The fourth-order valence-corrected chi connectivity index (χ4v) is 5.57. The Morgan fingerprint density at radius 1 is 1.19 bits per heavy atom. The molecule has 1 aliphatic heterocycles. The Hall–Kier alpha value is -1.54. The molecule has 3 aromatic heterocycles. The van der Waals surface area contributed by atoms with Crippen molar-refractivity contribution in [2.45, 2.75) is 19.4 Å². The summed E-state index contributed by atoms with van der Waals surface area (Å²) < 4.78 is 0. The number of nitrogens with zero attached hydrogens (tertiary/aromatic N) is 2. The predicted molar refractivity (Wildman–Crippen MR) is 110 cm³/mol. The number of amides is 1. The molecule has 1 fully saturated rings. The van der Waals surface area contributed by atoms with Crippen LogP contribution in [0.25, 0.3) is 9.88 Å². The van der Waals surface area contributed by atoms with Gasteiger partial charge in [-0.2, -0.15) is 0 Å². The molecule has 0 atom stereocenters. The van der Waals surface area contributed by atoms with Crippen LogP contribution in [0.5, 0.6) is 0 Å². The summed E-state index contributed by atoms with van der Waals surface area (Å²) in [5.74, 6) is 0.578. The minimum Gasteiger partial charge on any atom is -0.351 e. The first-order valence-corrected chi connectivity index (χ1v) is 11.4. The molecule has 0 bridgehead atoms. The van der Waals surface area contributed by atoms with Crippen molar-refractivity contribution in [3.8, 4) is 9.88 Å². The van der Waals surface area contributed by atoms with Crippen LogP contribution >= 0.6 is 34.0 Å². The molecule has 3 aromatic rings. The molecule has 1 N–H and O–H groups in total. The van der Waals surface area contributed by atoms with E-state index in [4.69, 9.17) is 0 Å². The van der Waals surface area contributed by atoms with Crippen molar-refractivity contribution < 1.29 is 4.79 Å². The van der Waals surface area contributed by atoms with Crippen molar-refractivity contribution >= 4 is 39.9 Å². The second kappa shape index (κ2) is 8.43. The second-order valence-corrected chi connectivity index (χ2v) is 9.53. The SMILES string of the molecule is O=C(NCC1CCN(Cc2cccs2)CC1)c1cnc(-c2cccs2)s1. The molecule has 26 heavy (non-hydrogen) atoms. The standard InChI is InChI=1S/C19H21N3OS3/c23-18(17-12-21-19(26-17)16-4-2-10-25-16)20-11-14-5-7-22(8-6-14)13-15-3-1-9-24-15/h1-4,9-10,12,14H,5-8,11,13H2,(H,20,23). The fourth-order valence-electron chi connectivity index (χ4n) is 3.19. The van der Waals surface area contributed by atoms with Crippen LogP contribution in [-0.2, 0) is 6.54 Å². The van der Waals surface area contributed by atoms with E-state index in [1.165, 1.54) is 16.2 Å². The van der Waals surface area contributed by atoms with Gasteiger partial charge in [0.05, 0.1) is 11.1 Å². The zero-order chi connectivity index (χ0) is 17.8. The number of rotatable bonds is 6. The lowest BCUT2D eigenvalue weighted by atomic mass is 9.97. The minimum atomic E-state index is 0.00585. The number of aromatic nitrogens is 1. The summed E-state index contributed by atoms with van der Waals surface area (Å²) in [6, 6.07) is 8.36. The number of carbonyl (C=O) groups excluding carboxylic acids is 1. The van der Waals surface area contributed by atoms with Crippen LogP contribution in [-0.4, -0.2) is 35.4 Å². The highest BCUT2D eigenvalue weighted by Gasteiger charge is 2.21. The van der Waals surface area contributed by atoms with Crippen LogP contribution in [0.1, 0.15) is 27.4 Å². The van der Waals surface area contributed by atoms with Crippen molar-refractivity contribution in [2.75, 3.05) is 19.6 Å². The smallest absolute Gasteiger partial charge is 0.263 e. The molecule has 0 saturated carbocycles. The first kappa shape index (κ1) is 17.9. The molecule has 1 saturated heterocycles. The molecule has 0 aromatic carbocycles. The van der Waals surface area contributed by atoms with E-state index < -0.39 is 0 Å². The fraction of sp³-hybridized carbons (Fsp3) is 0.368. The van der Waals surface area contributed by atoms with Gasteiger partial charge in [0.25, 0.3) is 5.91 Å². The maximum Gasteiger partial charge on any atom is 0.263 e. The average molecular weight is 404 g/mol. The van der Waals surface area contributed by atoms with E-state index in [1.807, 2.05) is 28.8 Å². The summed E-state index contributed by atoms with van der Waals surface area (Å²) in [4.78, 5) is 22.5. The highest BCUT2D eigenvalue weighted by molar-refractivity contribution is 7.22. The molecule has 4 heterocycles. The maximum atomic E-state index is 12.4. The molecule has 4 rings (SSSR count). The summed E-state index contributed by atoms with van der Waals surface area (Å²) in [5, 5.41) is 8.20. The average Bonchev–Trinajstić information content (AvgIpc) is 3.42. The Labute approximate surface area is 165 Å². The first-order valence-electron chi connectivity index (χ1n) is 8.80. The van der Waals surface area contributed by atoms with Crippen LogP contribution in [0.3, 0.4) is 0 Å². The van der Waals surface area contributed by atoms with Crippen molar-refractivity contribution in [1.82, 2.24) is 15.2 Å². The molecule has 7 heteroatoms. The van der Waals surface area contributed by atoms with Crippen LogP contribution in [0.15, 0.2) is 41.2 Å². The van der Waals surface area contributed by atoms with Crippen molar-refractivity contribution in [3.63, 3.8) is 0 Å². The van der Waals surface area contributed by atoms with Gasteiger partial charge in [0.2, 0.25) is 0 Å². The van der Waals surface area contributed by atoms with Crippen molar-refractivity contribution in [2.24, 2.45) is 5.92 Å². The van der Waals surface area contributed by atoms with Crippen LogP contribution < -0.4 is 5.32 Å². The van der Waals surface area contributed by atoms with Gasteiger partial charge in [-0.25, -0.2) is 4.98 Å². The van der Waals surface area contributed by atoms with E-state index in [-0.39, 0.29) is 5.91 Å². The third-order valence-electron chi connectivity index (χ3n) is 4.68. The highest BCUT2D eigenvalue weighted by atomic mass is 32.1. The van der Waals surface area contributed by atoms with Gasteiger partial charge in [-0.3, -0.25) is 9.69 Å². The summed E-state index contributed by atoms with van der Waals surface area (Å²) in [6.45, 7) is 4.05. The monoisotopic (exact) mass is 403 g/mol. The topological polar surface area (TPSA) is 45.2 Å². The highest BCUT2D eigenvalue weighted by Crippen LogP contribution is 2.29. The zero-order valence-corrected chi connectivity index (χ0v) is 16.8. The van der Waals surface area contributed by atoms with Crippen LogP contribution in [0.4, 0.5) is 0 Å². The van der Waals surface area contributed by atoms with Gasteiger partial charge in [0.1, 0.15) is 9.88 Å².